The molecule has 0 radical (unpaired) electrons. The average Bonchev–Trinajstić information content (AvgIpc) is 3.01. The molecule has 0 aliphatic rings. The van der Waals surface area contributed by atoms with Crippen LogP contribution in [0.1, 0.15) is 5.56 Å². The normalized spacial score (nSPS) is 10.6. The highest BCUT2D eigenvalue weighted by Gasteiger charge is 2.08. The number of hydrogen-bond acceptors (Lipinski definition) is 3. The summed E-state index contributed by atoms with van der Waals surface area (Å²) in [5.74, 6) is 0.348. The number of hydrogen-bond donors (Lipinski definition) is 2. The van der Waals surface area contributed by atoms with E-state index in [9.17, 15) is 0 Å². The molecule has 2 N–H and O–H groups in total. The molecule has 0 amide bonds. The summed E-state index contributed by atoms with van der Waals surface area (Å²) in [5, 5.41) is 12.5. The van der Waals surface area contributed by atoms with Gasteiger partial charge in [0.1, 0.15) is 6.33 Å². The molecule has 1 aromatic heterocycles. The summed E-state index contributed by atoms with van der Waals surface area (Å²) in [4.78, 5) is 4.17. The first kappa shape index (κ1) is 19.2. The molecule has 0 bridgehead atoms. The summed E-state index contributed by atoms with van der Waals surface area (Å²) in [6.07, 6.45) is 1.58. The standard InChI is InChI=1S/C16H11Cl4N5S/c17-10-2-4-12(19)14(6-10)22-16(26)23-15-21-8-25(24-15)7-9-1-3-11(18)13(20)5-9/h1-6,8H,7H2,(H2,22,23,24,26). The monoisotopic (exact) mass is 445 g/mol. The Morgan fingerprint density at radius 1 is 0.962 bits per heavy atom. The number of thiocarbonyl (C=S) groups is 1. The van der Waals surface area contributed by atoms with Gasteiger partial charge in [-0.2, -0.15) is 0 Å². The van der Waals surface area contributed by atoms with Gasteiger partial charge in [-0.15, -0.1) is 5.10 Å². The minimum absolute atomic E-state index is 0.293. The molecule has 0 aliphatic carbocycles. The summed E-state index contributed by atoms with van der Waals surface area (Å²) in [6, 6.07) is 10.4. The second kappa shape index (κ2) is 8.41. The predicted molar refractivity (Wildman–Crippen MR) is 112 cm³/mol. The molecule has 3 rings (SSSR count). The van der Waals surface area contributed by atoms with Crippen LogP contribution in [0.3, 0.4) is 0 Å². The van der Waals surface area contributed by atoms with Crippen molar-refractivity contribution in [2.24, 2.45) is 0 Å². The number of nitrogens with zero attached hydrogens (tertiary/aromatic N) is 3. The molecular weight excluding hydrogens is 436 g/mol. The van der Waals surface area contributed by atoms with Crippen molar-refractivity contribution < 1.29 is 0 Å². The first-order valence-corrected chi connectivity index (χ1v) is 9.19. The molecule has 0 atom stereocenters. The maximum atomic E-state index is 6.10. The van der Waals surface area contributed by atoms with Crippen LogP contribution in [0.5, 0.6) is 0 Å². The molecule has 5 nitrogen and oxygen atoms in total. The van der Waals surface area contributed by atoms with Crippen LogP contribution in [0, 0.1) is 0 Å². The van der Waals surface area contributed by atoms with Gasteiger partial charge < -0.3 is 5.32 Å². The van der Waals surface area contributed by atoms with Gasteiger partial charge in [0.05, 0.1) is 27.3 Å². The van der Waals surface area contributed by atoms with Crippen LogP contribution in [0.4, 0.5) is 11.6 Å². The second-order valence-corrected chi connectivity index (χ2v) is 7.28. The van der Waals surface area contributed by atoms with Crippen LogP contribution in [0.25, 0.3) is 0 Å². The van der Waals surface area contributed by atoms with Crippen molar-refractivity contribution in [1.82, 2.24) is 14.8 Å². The summed E-state index contributed by atoms with van der Waals surface area (Å²) in [7, 11) is 0. The number of halogens is 4. The van der Waals surface area contributed by atoms with E-state index in [1.54, 1.807) is 41.3 Å². The lowest BCUT2D eigenvalue weighted by molar-refractivity contribution is 0.687. The van der Waals surface area contributed by atoms with Crippen LogP contribution in [-0.4, -0.2) is 19.9 Å². The molecule has 2 aromatic carbocycles. The van der Waals surface area contributed by atoms with E-state index < -0.39 is 0 Å². The zero-order valence-electron chi connectivity index (χ0n) is 13.0. The number of anilines is 2. The Kier molecular flexibility index (Phi) is 6.21. The van der Waals surface area contributed by atoms with Crippen LogP contribution < -0.4 is 10.6 Å². The minimum Gasteiger partial charge on any atom is -0.331 e. The fourth-order valence-electron chi connectivity index (χ4n) is 2.10. The van der Waals surface area contributed by atoms with Gasteiger partial charge in [0, 0.05) is 5.02 Å². The Morgan fingerprint density at radius 2 is 1.73 bits per heavy atom. The van der Waals surface area contributed by atoms with Crippen molar-refractivity contribution in [3.63, 3.8) is 0 Å². The highest BCUT2D eigenvalue weighted by molar-refractivity contribution is 7.80. The zero-order chi connectivity index (χ0) is 18.7. The first-order chi connectivity index (χ1) is 12.4. The van der Waals surface area contributed by atoms with Gasteiger partial charge in [0.2, 0.25) is 5.95 Å². The summed E-state index contributed by atoms with van der Waals surface area (Å²) >= 11 is 29.2. The molecule has 3 aromatic rings. The number of nitrogens with one attached hydrogen (secondary N) is 2. The van der Waals surface area contributed by atoms with Crippen molar-refractivity contribution in [2.75, 3.05) is 10.6 Å². The lowest BCUT2D eigenvalue weighted by Crippen LogP contribution is -2.20. The Hall–Kier alpha value is -1.57. The highest BCUT2D eigenvalue weighted by Crippen LogP contribution is 2.25. The molecule has 0 saturated heterocycles. The van der Waals surface area contributed by atoms with Gasteiger partial charge in [-0.3, -0.25) is 5.32 Å². The van der Waals surface area contributed by atoms with E-state index in [0.29, 0.717) is 43.4 Å². The molecule has 1 heterocycles. The van der Waals surface area contributed by atoms with E-state index in [1.165, 1.54) is 0 Å². The zero-order valence-corrected chi connectivity index (χ0v) is 16.9. The molecule has 0 unspecified atom stereocenters. The fraction of sp³-hybridized carbons (Fsp3) is 0.0625. The Bertz CT molecular complexity index is 960. The van der Waals surface area contributed by atoms with Crippen LogP contribution in [-0.2, 0) is 6.54 Å². The van der Waals surface area contributed by atoms with Crippen LogP contribution >= 0.6 is 58.6 Å². The molecular formula is C16H11Cl4N5S. The third-order valence-electron chi connectivity index (χ3n) is 3.27. The van der Waals surface area contributed by atoms with Gasteiger partial charge in [-0.25, -0.2) is 9.67 Å². The van der Waals surface area contributed by atoms with Gasteiger partial charge in [-0.05, 0) is 48.1 Å². The fourth-order valence-corrected chi connectivity index (χ4v) is 2.96. The van der Waals surface area contributed by atoms with E-state index >= 15 is 0 Å². The maximum Gasteiger partial charge on any atom is 0.248 e. The van der Waals surface area contributed by atoms with E-state index in [2.05, 4.69) is 20.7 Å². The van der Waals surface area contributed by atoms with Gasteiger partial charge in [0.25, 0.3) is 0 Å². The number of rotatable bonds is 4. The second-order valence-electron chi connectivity index (χ2n) is 5.22. The molecule has 26 heavy (non-hydrogen) atoms. The Balaban J connectivity index is 1.63. The Labute approximate surface area is 175 Å². The highest BCUT2D eigenvalue weighted by atomic mass is 35.5. The maximum absolute atomic E-state index is 6.10. The van der Waals surface area contributed by atoms with Crippen molar-refractivity contribution >= 4 is 75.4 Å². The van der Waals surface area contributed by atoms with Crippen molar-refractivity contribution in [3.8, 4) is 0 Å². The first-order valence-electron chi connectivity index (χ1n) is 7.27. The lowest BCUT2D eigenvalue weighted by atomic mass is 10.2. The third-order valence-corrected chi connectivity index (χ3v) is 4.77. The van der Waals surface area contributed by atoms with Crippen LogP contribution in [0.15, 0.2) is 42.7 Å². The molecule has 134 valence electrons. The summed E-state index contributed by atoms with van der Waals surface area (Å²) < 4.78 is 1.65. The van der Waals surface area contributed by atoms with Gasteiger partial charge in [0.15, 0.2) is 5.11 Å². The van der Waals surface area contributed by atoms with Gasteiger partial charge >= 0.3 is 0 Å². The summed E-state index contributed by atoms with van der Waals surface area (Å²) in [6.45, 7) is 0.492. The van der Waals surface area contributed by atoms with E-state index in [-0.39, 0.29) is 0 Å². The van der Waals surface area contributed by atoms with Gasteiger partial charge in [-0.1, -0.05) is 52.5 Å². The van der Waals surface area contributed by atoms with Crippen molar-refractivity contribution in [2.45, 2.75) is 6.54 Å². The molecule has 0 saturated carbocycles. The molecule has 0 spiro atoms. The molecule has 0 fully saturated rings. The lowest BCUT2D eigenvalue weighted by Gasteiger charge is -2.09. The predicted octanol–water partition coefficient (Wildman–Crippen LogP) is 5.75. The Morgan fingerprint density at radius 3 is 2.50 bits per heavy atom. The van der Waals surface area contributed by atoms with E-state index in [0.717, 1.165) is 5.56 Å². The molecule has 0 aliphatic heterocycles. The largest absolute Gasteiger partial charge is 0.331 e. The minimum atomic E-state index is 0.293. The third kappa shape index (κ3) is 4.99. The van der Waals surface area contributed by atoms with Crippen molar-refractivity contribution in [1.29, 1.82) is 0 Å². The van der Waals surface area contributed by atoms with Crippen molar-refractivity contribution in [3.05, 3.63) is 68.4 Å². The smallest absolute Gasteiger partial charge is 0.248 e. The molecule has 10 heteroatoms. The SMILES string of the molecule is S=C(Nc1ncn(Cc2ccc(Cl)c(Cl)c2)n1)Nc1cc(Cl)ccc1Cl. The van der Waals surface area contributed by atoms with Crippen LogP contribution in [0.2, 0.25) is 20.1 Å². The quantitative estimate of drug-likeness (QED) is 0.499. The van der Waals surface area contributed by atoms with E-state index in [4.69, 9.17) is 58.6 Å². The average molecular weight is 447 g/mol. The van der Waals surface area contributed by atoms with E-state index in [1.807, 2.05) is 6.07 Å². The summed E-state index contributed by atoms with van der Waals surface area (Å²) in [5.41, 5.74) is 1.54. The number of aromatic nitrogens is 3. The number of benzene rings is 2. The topological polar surface area (TPSA) is 54.8 Å².